The van der Waals surface area contributed by atoms with Crippen molar-refractivity contribution in [2.45, 2.75) is 51.0 Å². The standard InChI is InChI=1S/C11H19FN2O2/c1-11(2,3)16-10(15)14-7-4-8(12)9(14)6-13-5-7/h7-9,13H,4-6H2,1-3H3/t7-,8-,9-/m1/s1. The van der Waals surface area contributed by atoms with Crippen molar-refractivity contribution in [3.63, 3.8) is 0 Å². The summed E-state index contributed by atoms with van der Waals surface area (Å²) in [7, 11) is 0. The minimum absolute atomic E-state index is 0.0522. The maximum Gasteiger partial charge on any atom is 0.410 e. The van der Waals surface area contributed by atoms with Crippen LogP contribution < -0.4 is 5.32 Å². The molecule has 0 spiro atoms. The van der Waals surface area contributed by atoms with Gasteiger partial charge in [0, 0.05) is 19.5 Å². The van der Waals surface area contributed by atoms with Crippen molar-refractivity contribution in [2.75, 3.05) is 13.1 Å². The van der Waals surface area contributed by atoms with Gasteiger partial charge in [0.1, 0.15) is 11.8 Å². The molecule has 0 aromatic rings. The molecule has 0 unspecified atom stereocenters. The lowest BCUT2D eigenvalue weighted by Gasteiger charge is -2.36. The molecule has 0 saturated carbocycles. The summed E-state index contributed by atoms with van der Waals surface area (Å²) in [5.41, 5.74) is -0.521. The van der Waals surface area contributed by atoms with Crippen LogP contribution in [0.25, 0.3) is 0 Å². The Bertz CT molecular complexity index is 290. The Hall–Kier alpha value is -0.840. The van der Waals surface area contributed by atoms with Gasteiger partial charge in [-0.15, -0.1) is 0 Å². The quantitative estimate of drug-likeness (QED) is 0.682. The summed E-state index contributed by atoms with van der Waals surface area (Å²) < 4.78 is 18.9. The highest BCUT2D eigenvalue weighted by molar-refractivity contribution is 5.70. The van der Waals surface area contributed by atoms with Crippen LogP contribution in [0, 0.1) is 0 Å². The number of amides is 1. The van der Waals surface area contributed by atoms with E-state index in [1.54, 1.807) is 4.90 Å². The molecule has 16 heavy (non-hydrogen) atoms. The van der Waals surface area contributed by atoms with Crippen LogP contribution in [0.3, 0.4) is 0 Å². The van der Waals surface area contributed by atoms with Crippen molar-refractivity contribution < 1.29 is 13.9 Å². The van der Waals surface area contributed by atoms with Crippen LogP contribution in [0.5, 0.6) is 0 Å². The topological polar surface area (TPSA) is 41.6 Å². The number of ether oxygens (including phenoxy) is 1. The fraction of sp³-hybridized carbons (Fsp3) is 0.909. The van der Waals surface area contributed by atoms with Crippen LogP contribution in [0.1, 0.15) is 27.2 Å². The van der Waals surface area contributed by atoms with Crippen molar-refractivity contribution in [2.24, 2.45) is 0 Å². The minimum atomic E-state index is -0.924. The van der Waals surface area contributed by atoms with Gasteiger partial charge in [0.25, 0.3) is 0 Å². The van der Waals surface area contributed by atoms with Gasteiger partial charge in [-0.1, -0.05) is 0 Å². The smallest absolute Gasteiger partial charge is 0.410 e. The number of piperazine rings is 1. The molecule has 2 aliphatic heterocycles. The zero-order chi connectivity index (χ0) is 11.9. The molecule has 0 radical (unpaired) electrons. The summed E-state index contributed by atoms with van der Waals surface area (Å²) in [5, 5.41) is 3.14. The van der Waals surface area contributed by atoms with E-state index in [1.165, 1.54) is 0 Å². The Morgan fingerprint density at radius 2 is 2.12 bits per heavy atom. The van der Waals surface area contributed by atoms with Gasteiger partial charge >= 0.3 is 6.09 Å². The monoisotopic (exact) mass is 230 g/mol. The molecule has 2 bridgehead atoms. The van der Waals surface area contributed by atoms with Crippen LogP contribution in [0.15, 0.2) is 0 Å². The first-order valence-electron chi connectivity index (χ1n) is 5.74. The van der Waals surface area contributed by atoms with Crippen molar-refractivity contribution in [3.8, 4) is 0 Å². The lowest BCUT2D eigenvalue weighted by Crippen LogP contribution is -2.56. The number of hydrogen-bond donors (Lipinski definition) is 1. The molecule has 0 aromatic heterocycles. The summed E-state index contributed by atoms with van der Waals surface area (Å²) in [4.78, 5) is 13.5. The van der Waals surface area contributed by atoms with Crippen LogP contribution in [-0.2, 0) is 4.74 Å². The van der Waals surface area contributed by atoms with Gasteiger partial charge in [0.2, 0.25) is 0 Å². The van der Waals surface area contributed by atoms with Gasteiger partial charge in [-0.3, -0.25) is 4.90 Å². The average Bonchev–Trinajstić information content (AvgIpc) is 2.31. The first kappa shape index (κ1) is 11.6. The number of fused-ring (bicyclic) bond motifs is 2. The van der Waals surface area contributed by atoms with Crippen LogP contribution >= 0.6 is 0 Å². The van der Waals surface area contributed by atoms with Crippen molar-refractivity contribution in [1.82, 2.24) is 10.2 Å². The van der Waals surface area contributed by atoms with E-state index in [9.17, 15) is 9.18 Å². The Morgan fingerprint density at radius 3 is 2.69 bits per heavy atom. The van der Waals surface area contributed by atoms with E-state index in [-0.39, 0.29) is 18.2 Å². The SMILES string of the molecule is CC(C)(C)OC(=O)N1[C@H]2CNC[C@@H]1[C@H](F)C2. The molecular formula is C11H19FN2O2. The average molecular weight is 230 g/mol. The van der Waals surface area contributed by atoms with Gasteiger partial charge in [-0.05, 0) is 20.8 Å². The third kappa shape index (κ3) is 2.14. The number of halogens is 1. The van der Waals surface area contributed by atoms with Gasteiger partial charge in [-0.2, -0.15) is 0 Å². The normalized spacial score (nSPS) is 34.0. The lowest BCUT2D eigenvalue weighted by molar-refractivity contribution is 0.00730. The zero-order valence-corrected chi connectivity index (χ0v) is 10.00. The molecule has 2 saturated heterocycles. The first-order valence-corrected chi connectivity index (χ1v) is 5.74. The second kappa shape index (κ2) is 3.87. The molecule has 1 amide bonds. The zero-order valence-electron chi connectivity index (χ0n) is 10.00. The highest BCUT2D eigenvalue weighted by Gasteiger charge is 2.47. The van der Waals surface area contributed by atoms with E-state index in [1.807, 2.05) is 20.8 Å². The Balaban J connectivity index is 2.07. The maximum atomic E-state index is 13.6. The highest BCUT2D eigenvalue weighted by Crippen LogP contribution is 2.30. The predicted molar refractivity (Wildman–Crippen MR) is 58.0 cm³/mol. The Morgan fingerprint density at radius 1 is 1.44 bits per heavy atom. The van der Waals surface area contributed by atoms with Gasteiger partial charge in [0.15, 0.2) is 0 Å². The highest BCUT2D eigenvalue weighted by atomic mass is 19.1. The van der Waals surface area contributed by atoms with Crippen molar-refractivity contribution >= 4 is 6.09 Å². The molecule has 4 nitrogen and oxygen atoms in total. The molecule has 92 valence electrons. The fourth-order valence-electron chi connectivity index (χ4n) is 2.38. The maximum absolute atomic E-state index is 13.6. The second-order valence-electron chi connectivity index (χ2n) is 5.52. The summed E-state index contributed by atoms with van der Waals surface area (Å²) in [6.45, 7) is 6.65. The van der Waals surface area contributed by atoms with E-state index in [0.29, 0.717) is 19.5 Å². The van der Waals surface area contributed by atoms with Crippen LogP contribution in [0.2, 0.25) is 0 Å². The largest absolute Gasteiger partial charge is 0.444 e. The number of hydrogen-bond acceptors (Lipinski definition) is 3. The Labute approximate surface area is 95.1 Å². The van der Waals surface area contributed by atoms with E-state index >= 15 is 0 Å². The fourth-order valence-corrected chi connectivity index (χ4v) is 2.38. The predicted octanol–water partition coefficient (Wildman–Crippen LogP) is 1.31. The van der Waals surface area contributed by atoms with E-state index in [2.05, 4.69) is 5.32 Å². The minimum Gasteiger partial charge on any atom is -0.444 e. The molecule has 5 heteroatoms. The van der Waals surface area contributed by atoms with Crippen molar-refractivity contribution in [1.29, 1.82) is 0 Å². The van der Waals surface area contributed by atoms with Crippen LogP contribution in [-0.4, -0.2) is 47.9 Å². The second-order valence-corrected chi connectivity index (χ2v) is 5.52. The third-order valence-corrected chi connectivity index (χ3v) is 3.00. The number of carbonyl (C=O) groups is 1. The Kier molecular flexibility index (Phi) is 2.82. The molecule has 3 atom stereocenters. The van der Waals surface area contributed by atoms with Gasteiger partial charge < -0.3 is 10.1 Å². The summed E-state index contributed by atoms with van der Waals surface area (Å²) >= 11 is 0. The molecule has 2 rings (SSSR count). The number of alkyl halides is 1. The summed E-state index contributed by atoms with van der Waals surface area (Å²) in [5.74, 6) is 0. The van der Waals surface area contributed by atoms with E-state index in [4.69, 9.17) is 4.74 Å². The molecule has 0 aliphatic carbocycles. The number of nitrogens with one attached hydrogen (secondary N) is 1. The van der Waals surface area contributed by atoms with E-state index in [0.717, 1.165) is 0 Å². The third-order valence-electron chi connectivity index (χ3n) is 3.00. The van der Waals surface area contributed by atoms with Gasteiger partial charge in [-0.25, -0.2) is 9.18 Å². The lowest BCUT2D eigenvalue weighted by atomic mass is 10.2. The molecule has 2 fully saturated rings. The van der Waals surface area contributed by atoms with E-state index < -0.39 is 11.8 Å². The van der Waals surface area contributed by atoms with Crippen LogP contribution in [0.4, 0.5) is 9.18 Å². The molecule has 2 heterocycles. The van der Waals surface area contributed by atoms with Crippen molar-refractivity contribution in [3.05, 3.63) is 0 Å². The molecule has 2 aliphatic rings. The molecule has 1 N–H and O–H groups in total. The number of nitrogens with zero attached hydrogens (tertiary/aromatic N) is 1. The first-order chi connectivity index (χ1) is 7.38. The number of rotatable bonds is 0. The number of carbonyl (C=O) groups excluding carboxylic acids is 1. The summed E-state index contributed by atoms with van der Waals surface area (Å²) in [6.07, 6.45) is -0.881. The van der Waals surface area contributed by atoms with Gasteiger partial charge in [0.05, 0.1) is 12.1 Å². The summed E-state index contributed by atoms with van der Waals surface area (Å²) in [6, 6.07) is -0.405. The molecular weight excluding hydrogens is 211 g/mol. The molecule has 0 aromatic carbocycles.